The standard InChI is InChI=1S/C23H27F6N5O2/c1-12-8-18(33-21(30-12)34(2)3)31-16-4-6-17(7-5-16)32-20(36)19(35)13-9-14(22(24,25)26)11-15(10-13)23(27,28)29/h8-11,16-17,19,35H,4-7H2,1-3H3,(H,32,36)(H,30,31,33)/t16-,17+,19?. The van der Waals surface area contributed by atoms with E-state index in [1.165, 1.54) is 0 Å². The summed E-state index contributed by atoms with van der Waals surface area (Å²) in [5, 5.41) is 16.1. The van der Waals surface area contributed by atoms with Crippen LogP contribution in [0.25, 0.3) is 0 Å². The maximum atomic E-state index is 13.1. The van der Waals surface area contributed by atoms with Crippen LogP contribution in [0.2, 0.25) is 0 Å². The first-order chi connectivity index (χ1) is 16.6. The SMILES string of the molecule is Cc1cc(N[C@H]2CC[C@@H](NC(=O)C(O)c3cc(C(F)(F)F)cc(C(F)(F)F)c3)CC2)nc(N(C)C)n1. The molecule has 2 aromatic rings. The normalized spacial score (nSPS) is 19.5. The number of aromatic nitrogens is 2. The van der Waals surface area contributed by atoms with Gasteiger partial charge in [-0.25, -0.2) is 4.98 Å². The van der Waals surface area contributed by atoms with E-state index < -0.39 is 41.1 Å². The lowest BCUT2D eigenvalue weighted by Gasteiger charge is -2.30. The van der Waals surface area contributed by atoms with Gasteiger partial charge in [0.1, 0.15) is 5.82 Å². The van der Waals surface area contributed by atoms with Gasteiger partial charge in [0.25, 0.3) is 5.91 Å². The number of anilines is 2. The van der Waals surface area contributed by atoms with Crippen molar-refractivity contribution in [2.75, 3.05) is 24.3 Å². The Kier molecular flexibility index (Phi) is 8.01. The fourth-order valence-corrected chi connectivity index (χ4v) is 3.99. The van der Waals surface area contributed by atoms with Crippen molar-refractivity contribution in [1.29, 1.82) is 0 Å². The Morgan fingerprint density at radius 1 is 0.944 bits per heavy atom. The van der Waals surface area contributed by atoms with Crippen LogP contribution in [0.15, 0.2) is 24.3 Å². The summed E-state index contributed by atoms with van der Waals surface area (Å²) in [7, 11) is 3.65. The quantitative estimate of drug-likeness (QED) is 0.489. The molecule has 0 radical (unpaired) electrons. The second-order valence-corrected chi connectivity index (χ2v) is 9.03. The zero-order chi connectivity index (χ0) is 26.8. The number of rotatable bonds is 6. The van der Waals surface area contributed by atoms with Gasteiger partial charge in [-0.15, -0.1) is 0 Å². The molecule has 0 bridgehead atoms. The van der Waals surface area contributed by atoms with Gasteiger partial charge >= 0.3 is 12.4 Å². The summed E-state index contributed by atoms with van der Waals surface area (Å²) in [5.74, 6) is 0.149. The minimum atomic E-state index is -5.08. The first-order valence-electron chi connectivity index (χ1n) is 11.2. The number of hydrogen-bond donors (Lipinski definition) is 3. The van der Waals surface area contributed by atoms with E-state index in [-0.39, 0.29) is 18.2 Å². The van der Waals surface area contributed by atoms with Crippen molar-refractivity contribution in [3.8, 4) is 0 Å². The number of nitrogens with zero attached hydrogens (tertiary/aromatic N) is 3. The van der Waals surface area contributed by atoms with E-state index in [9.17, 15) is 36.2 Å². The van der Waals surface area contributed by atoms with E-state index in [0.717, 1.165) is 5.69 Å². The molecule has 13 heteroatoms. The van der Waals surface area contributed by atoms with Gasteiger partial charge < -0.3 is 20.6 Å². The van der Waals surface area contributed by atoms with Crippen molar-refractivity contribution in [3.63, 3.8) is 0 Å². The number of alkyl halides is 6. The Morgan fingerprint density at radius 3 is 1.97 bits per heavy atom. The molecule has 1 aliphatic rings. The third-order valence-corrected chi connectivity index (χ3v) is 5.84. The van der Waals surface area contributed by atoms with E-state index in [0.29, 0.717) is 49.6 Å². The van der Waals surface area contributed by atoms with Crippen molar-refractivity contribution in [3.05, 3.63) is 46.6 Å². The van der Waals surface area contributed by atoms with E-state index in [1.807, 2.05) is 27.1 Å². The van der Waals surface area contributed by atoms with Crippen LogP contribution >= 0.6 is 0 Å². The van der Waals surface area contributed by atoms with Gasteiger partial charge in [-0.1, -0.05) is 0 Å². The Labute approximate surface area is 203 Å². The molecule has 1 atom stereocenters. The number of aryl methyl sites for hydroxylation is 1. The van der Waals surface area contributed by atoms with Crippen LogP contribution in [0.5, 0.6) is 0 Å². The molecule has 1 heterocycles. The van der Waals surface area contributed by atoms with E-state index in [2.05, 4.69) is 20.6 Å². The number of benzene rings is 1. The van der Waals surface area contributed by atoms with E-state index in [1.54, 1.807) is 4.90 Å². The largest absolute Gasteiger partial charge is 0.416 e. The smallest absolute Gasteiger partial charge is 0.378 e. The molecular formula is C23H27F6N5O2. The third-order valence-electron chi connectivity index (χ3n) is 5.84. The highest BCUT2D eigenvalue weighted by Crippen LogP contribution is 2.37. The van der Waals surface area contributed by atoms with Crippen LogP contribution in [0.4, 0.5) is 38.1 Å². The van der Waals surface area contributed by atoms with Crippen LogP contribution in [-0.2, 0) is 17.1 Å². The summed E-state index contributed by atoms with van der Waals surface area (Å²) in [5.41, 5.74) is -3.18. The Morgan fingerprint density at radius 2 is 1.47 bits per heavy atom. The van der Waals surface area contributed by atoms with Crippen molar-refractivity contribution in [1.82, 2.24) is 15.3 Å². The predicted molar refractivity (Wildman–Crippen MR) is 120 cm³/mol. The first-order valence-corrected chi connectivity index (χ1v) is 11.2. The number of carbonyl (C=O) groups excluding carboxylic acids is 1. The van der Waals surface area contributed by atoms with Crippen molar-refractivity contribution in [2.45, 2.75) is 63.1 Å². The monoisotopic (exact) mass is 519 g/mol. The predicted octanol–water partition coefficient (Wildman–Crippen LogP) is 4.46. The van der Waals surface area contributed by atoms with Gasteiger partial charge in [-0.3, -0.25) is 4.79 Å². The van der Waals surface area contributed by atoms with Gasteiger partial charge in [0, 0.05) is 37.9 Å². The van der Waals surface area contributed by atoms with Gasteiger partial charge in [0.05, 0.1) is 11.1 Å². The van der Waals surface area contributed by atoms with Crippen LogP contribution in [0.1, 0.15) is 54.2 Å². The number of hydrogen-bond acceptors (Lipinski definition) is 6. The van der Waals surface area contributed by atoms with E-state index >= 15 is 0 Å². The van der Waals surface area contributed by atoms with Crippen LogP contribution in [0.3, 0.4) is 0 Å². The highest BCUT2D eigenvalue weighted by atomic mass is 19.4. The maximum Gasteiger partial charge on any atom is 0.416 e. The zero-order valence-corrected chi connectivity index (χ0v) is 19.8. The number of aliphatic hydroxyl groups is 1. The molecule has 1 aliphatic carbocycles. The molecule has 1 fully saturated rings. The number of amides is 1. The molecule has 1 unspecified atom stereocenters. The summed E-state index contributed by atoms with van der Waals surface area (Å²) in [4.78, 5) is 23.0. The highest BCUT2D eigenvalue weighted by molar-refractivity contribution is 5.82. The third kappa shape index (κ3) is 6.99. The molecule has 36 heavy (non-hydrogen) atoms. The Balaban J connectivity index is 1.62. The van der Waals surface area contributed by atoms with Crippen LogP contribution in [0, 0.1) is 6.92 Å². The van der Waals surface area contributed by atoms with Crippen molar-refractivity contribution < 1.29 is 36.2 Å². The Hall–Kier alpha value is -3.09. The second-order valence-electron chi connectivity index (χ2n) is 9.03. The molecule has 1 amide bonds. The molecule has 7 nitrogen and oxygen atoms in total. The lowest BCUT2D eigenvalue weighted by molar-refractivity contribution is -0.143. The lowest BCUT2D eigenvalue weighted by atomic mass is 9.90. The number of carbonyl (C=O) groups is 1. The van der Waals surface area contributed by atoms with Gasteiger partial charge in [-0.05, 0) is 56.4 Å². The van der Waals surface area contributed by atoms with Crippen molar-refractivity contribution >= 4 is 17.7 Å². The lowest BCUT2D eigenvalue weighted by Crippen LogP contribution is -2.42. The number of aliphatic hydroxyl groups excluding tert-OH is 1. The fourth-order valence-electron chi connectivity index (χ4n) is 3.99. The summed E-state index contributed by atoms with van der Waals surface area (Å²) in [6.45, 7) is 1.85. The van der Waals surface area contributed by atoms with E-state index in [4.69, 9.17) is 0 Å². The average Bonchev–Trinajstić information content (AvgIpc) is 2.78. The zero-order valence-electron chi connectivity index (χ0n) is 19.8. The molecule has 0 spiro atoms. The molecule has 1 aromatic heterocycles. The molecule has 3 N–H and O–H groups in total. The average molecular weight is 519 g/mol. The summed E-state index contributed by atoms with van der Waals surface area (Å²) < 4.78 is 78.5. The minimum absolute atomic E-state index is 0.0465. The highest BCUT2D eigenvalue weighted by Gasteiger charge is 2.38. The summed E-state index contributed by atoms with van der Waals surface area (Å²) in [6, 6.07) is 2.12. The molecule has 1 aromatic carbocycles. The molecule has 198 valence electrons. The Bertz CT molecular complexity index is 1050. The van der Waals surface area contributed by atoms with Gasteiger partial charge in [-0.2, -0.15) is 31.3 Å². The first kappa shape index (κ1) is 27.5. The van der Waals surface area contributed by atoms with Crippen LogP contribution < -0.4 is 15.5 Å². The number of nitrogens with one attached hydrogen (secondary N) is 2. The van der Waals surface area contributed by atoms with Gasteiger partial charge in [0.2, 0.25) is 5.95 Å². The molecule has 3 rings (SSSR count). The topological polar surface area (TPSA) is 90.4 Å². The summed E-state index contributed by atoms with van der Waals surface area (Å²) in [6.07, 6.45) is -10.1. The minimum Gasteiger partial charge on any atom is -0.378 e. The molecule has 0 saturated heterocycles. The second kappa shape index (κ2) is 10.5. The fraction of sp³-hybridized carbons (Fsp3) is 0.522. The molecule has 1 saturated carbocycles. The van der Waals surface area contributed by atoms with Gasteiger partial charge in [0.15, 0.2) is 6.10 Å². The molecular weight excluding hydrogens is 492 g/mol. The number of halogens is 6. The maximum absolute atomic E-state index is 13.1. The molecule has 0 aliphatic heterocycles. The van der Waals surface area contributed by atoms with Crippen molar-refractivity contribution in [2.24, 2.45) is 0 Å². The van der Waals surface area contributed by atoms with Crippen LogP contribution in [-0.4, -0.2) is 47.2 Å². The summed E-state index contributed by atoms with van der Waals surface area (Å²) >= 11 is 0.